The van der Waals surface area contributed by atoms with Crippen LogP contribution < -0.4 is 0 Å². The molecule has 4 nitrogen and oxygen atoms in total. The average Bonchev–Trinajstić information content (AvgIpc) is 3.13. The summed E-state index contributed by atoms with van der Waals surface area (Å²) in [4.78, 5) is 12.0. The molecule has 0 aromatic rings. The molecule has 5 fully saturated rings. The number of carbonyl (C=O) groups is 1. The van der Waals surface area contributed by atoms with Crippen molar-refractivity contribution in [3.63, 3.8) is 0 Å². The van der Waals surface area contributed by atoms with Gasteiger partial charge in [0.15, 0.2) is 5.79 Å². The van der Waals surface area contributed by atoms with Crippen molar-refractivity contribution in [2.75, 3.05) is 19.8 Å². The first-order chi connectivity index (χ1) is 12.0. The number of fused-ring (bicyclic) bond motifs is 6. The highest BCUT2D eigenvalue weighted by Gasteiger charge is 2.67. The van der Waals surface area contributed by atoms with Gasteiger partial charge in [-0.1, -0.05) is 13.8 Å². The summed E-state index contributed by atoms with van der Waals surface area (Å²) in [6.07, 6.45) is 8.92. The average molecular weight is 348 g/mol. The third-order valence-corrected chi connectivity index (χ3v) is 9.18. The van der Waals surface area contributed by atoms with Gasteiger partial charge in [0.1, 0.15) is 0 Å². The van der Waals surface area contributed by atoms with E-state index in [9.17, 15) is 4.79 Å². The second-order valence-corrected chi connectivity index (χ2v) is 9.78. The molecule has 3 saturated carbocycles. The normalized spacial score (nSPS) is 51.4. The van der Waals surface area contributed by atoms with Crippen LogP contribution in [-0.4, -0.2) is 31.6 Å². The highest BCUT2D eigenvalue weighted by atomic mass is 16.7. The van der Waals surface area contributed by atoms with Crippen molar-refractivity contribution >= 4 is 5.97 Å². The van der Waals surface area contributed by atoms with E-state index in [1.54, 1.807) is 0 Å². The van der Waals surface area contributed by atoms with Crippen molar-refractivity contribution in [2.45, 2.75) is 71.0 Å². The molecule has 2 heterocycles. The Hall–Kier alpha value is -0.610. The Labute approximate surface area is 151 Å². The SMILES string of the molecule is C[C@]12CCOC(=O)CC1CC[C@@H]1C2CC[C@@]2(C)C1CCC21OCCO1. The molecule has 0 bridgehead atoms. The van der Waals surface area contributed by atoms with Gasteiger partial charge in [0, 0.05) is 18.3 Å². The molecular weight excluding hydrogens is 316 g/mol. The first-order valence-electron chi connectivity index (χ1n) is 10.4. The second kappa shape index (κ2) is 5.45. The third-order valence-electron chi connectivity index (χ3n) is 9.18. The molecule has 0 aromatic carbocycles. The van der Waals surface area contributed by atoms with Gasteiger partial charge in [0.2, 0.25) is 0 Å². The molecule has 0 N–H and O–H groups in total. The van der Waals surface area contributed by atoms with Crippen LogP contribution in [0.3, 0.4) is 0 Å². The van der Waals surface area contributed by atoms with Crippen molar-refractivity contribution in [2.24, 2.45) is 34.5 Å². The van der Waals surface area contributed by atoms with Gasteiger partial charge >= 0.3 is 5.97 Å². The fraction of sp³-hybridized carbons (Fsp3) is 0.952. The molecule has 0 amide bonds. The van der Waals surface area contributed by atoms with Crippen LogP contribution in [0.15, 0.2) is 0 Å². The Kier molecular flexibility index (Phi) is 3.61. The Morgan fingerprint density at radius 1 is 0.880 bits per heavy atom. The molecule has 5 rings (SSSR count). The minimum Gasteiger partial charge on any atom is -0.466 e. The van der Waals surface area contributed by atoms with E-state index in [2.05, 4.69) is 13.8 Å². The summed E-state index contributed by atoms with van der Waals surface area (Å²) in [5.74, 6) is 2.45. The van der Waals surface area contributed by atoms with E-state index in [1.807, 2.05) is 0 Å². The van der Waals surface area contributed by atoms with Crippen LogP contribution in [0.25, 0.3) is 0 Å². The molecule has 5 aliphatic rings. The zero-order valence-corrected chi connectivity index (χ0v) is 15.7. The van der Waals surface area contributed by atoms with Crippen molar-refractivity contribution in [3.05, 3.63) is 0 Å². The number of carbonyl (C=O) groups excluding carboxylic acids is 1. The van der Waals surface area contributed by atoms with E-state index in [0.29, 0.717) is 24.9 Å². The molecule has 2 saturated heterocycles. The van der Waals surface area contributed by atoms with Crippen molar-refractivity contribution in [1.82, 2.24) is 0 Å². The number of ether oxygens (including phenoxy) is 3. The van der Waals surface area contributed by atoms with Crippen LogP contribution in [0.5, 0.6) is 0 Å². The zero-order chi connectivity index (χ0) is 17.3. The lowest BCUT2D eigenvalue weighted by Gasteiger charge is -2.59. The van der Waals surface area contributed by atoms with Gasteiger partial charge < -0.3 is 14.2 Å². The summed E-state index contributed by atoms with van der Waals surface area (Å²) in [5.41, 5.74) is 0.439. The van der Waals surface area contributed by atoms with Crippen LogP contribution in [0.4, 0.5) is 0 Å². The summed E-state index contributed by atoms with van der Waals surface area (Å²) in [7, 11) is 0. The molecule has 140 valence electrons. The monoisotopic (exact) mass is 348 g/mol. The lowest BCUT2D eigenvalue weighted by Crippen LogP contribution is -2.56. The van der Waals surface area contributed by atoms with Crippen LogP contribution in [0.2, 0.25) is 0 Å². The van der Waals surface area contributed by atoms with Gasteiger partial charge in [-0.05, 0) is 67.6 Å². The van der Waals surface area contributed by atoms with Crippen molar-refractivity contribution in [3.8, 4) is 0 Å². The van der Waals surface area contributed by atoms with Crippen LogP contribution in [0.1, 0.15) is 65.2 Å². The Balaban J connectivity index is 1.46. The molecular formula is C21H32O4. The first-order valence-corrected chi connectivity index (χ1v) is 10.4. The van der Waals surface area contributed by atoms with Crippen LogP contribution in [-0.2, 0) is 19.0 Å². The Bertz CT molecular complexity index is 568. The van der Waals surface area contributed by atoms with Crippen molar-refractivity contribution < 1.29 is 19.0 Å². The summed E-state index contributed by atoms with van der Waals surface area (Å²) in [5, 5.41) is 0. The van der Waals surface area contributed by atoms with E-state index in [4.69, 9.17) is 14.2 Å². The molecule has 2 aliphatic heterocycles. The molecule has 6 atom stereocenters. The molecule has 25 heavy (non-hydrogen) atoms. The van der Waals surface area contributed by atoms with E-state index in [-0.39, 0.29) is 22.6 Å². The highest BCUT2D eigenvalue weighted by molar-refractivity contribution is 5.70. The third kappa shape index (κ3) is 2.10. The lowest BCUT2D eigenvalue weighted by atomic mass is 9.46. The first kappa shape index (κ1) is 16.6. The van der Waals surface area contributed by atoms with Gasteiger partial charge in [-0.15, -0.1) is 0 Å². The fourth-order valence-electron chi connectivity index (χ4n) is 7.79. The maximum Gasteiger partial charge on any atom is 0.306 e. The molecule has 3 unspecified atom stereocenters. The predicted molar refractivity (Wildman–Crippen MR) is 92.7 cm³/mol. The largest absolute Gasteiger partial charge is 0.466 e. The van der Waals surface area contributed by atoms with E-state index >= 15 is 0 Å². The lowest BCUT2D eigenvalue weighted by molar-refractivity contribution is -0.246. The van der Waals surface area contributed by atoms with Crippen LogP contribution >= 0.6 is 0 Å². The molecule has 3 aliphatic carbocycles. The number of hydrogen-bond acceptors (Lipinski definition) is 4. The van der Waals surface area contributed by atoms with Crippen LogP contribution in [0, 0.1) is 34.5 Å². The van der Waals surface area contributed by atoms with Gasteiger partial charge in [0.25, 0.3) is 0 Å². The van der Waals surface area contributed by atoms with Gasteiger partial charge in [-0.3, -0.25) is 4.79 Å². The molecule has 4 heteroatoms. The molecule has 0 aromatic heterocycles. The highest BCUT2D eigenvalue weighted by Crippen LogP contribution is 2.68. The topological polar surface area (TPSA) is 44.8 Å². The predicted octanol–water partition coefficient (Wildman–Crippen LogP) is 3.93. The summed E-state index contributed by atoms with van der Waals surface area (Å²) in [6, 6.07) is 0. The van der Waals surface area contributed by atoms with E-state index in [0.717, 1.165) is 37.9 Å². The van der Waals surface area contributed by atoms with E-state index < -0.39 is 0 Å². The Morgan fingerprint density at radius 2 is 1.64 bits per heavy atom. The maximum atomic E-state index is 12.0. The summed E-state index contributed by atoms with van der Waals surface area (Å²) in [6.45, 7) is 7.05. The minimum absolute atomic E-state index is 0.0281. The molecule has 0 radical (unpaired) electrons. The number of cyclic esters (lactones) is 1. The quantitative estimate of drug-likeness (QED) is 0.622. The summed E-state index contributed by atoms with van der Waals surface area (Å²) >= 11 is 0. The zero-order valence-electron chi connectivity index (χ0n) is 15.7. The van der Waals surface area contributed by atoms with Gasteiger partial charge in [0.05, 0.1) is 19.8 Å². The fourth-order valence-corrected chi connectivity index (χ4v) is 7.79. The van der Waals surface area contributed by atoms with E-state index in [1.165, 1.54) is 32.1 Å². The maximum absolute atomic E-state index is 12.0. The Morgan fingerprint density at radius 3 is 2.44 bits per heavy atom. The standard InChI is InChI=1S/C21H32O4/c1-19-9-10-23-18(22)13-14(19)3-4-15-16(19)5-7-20(2)17(15)6-8-21(20)24-11-12-25-21/h14-17H,3-13H2,1-2H3/t14?,15-,16?,17?,19+,20+/m1/s1. The van der Waals surface area contributed by atoms with Crippen molar-refractivity contribution in [1.29, 1.82) is 0 Å². The van der Waals surface area contributed by atoms with Gasteiger partial charge in [-0.25, -0.2) is 0 Å². The van der Waals surface area contributed by atoms with Gasteiger partial charge in [-0.2, -0.15) is 0 Å². The number of esters is 1. The number of hydrogen-bond donors (Lipinski definition) is 0. The minimum atomic E-state index is -0.303. The molecule has 1 spiro atoms. The smallest absolute Gasteiger partial charge is 0.306 e. The number of rotatable bonds is 0. The second-order valence-electron chi connectivity index (χ2n) is 9.78. The summed E-state index contributed by atoms with van der Waals surface area (Å²) < 4.78 is 17.9.